The summed E-state index contributed by atoms with van der Waals surface area (Å²) in [5.41, 5.74) is 1.28. The lowest BCUT2D eigenvalue weighted by Crippen LogP contribution is -2.44. The summed E-state index contributed by atoms with van der Waals surface area (Å²) < 4.78 is 33.4. The molecule has 0 aromatic heterocycles. The Morgan fingerprint density at radius 3 is 2.50 bits per heavy atom. The minimum atomic E-state index is -3.85. The van der Waals surface area contributed by atoms with Gasteiger partial charge in [-0.1, -0.05) is 49.6 Å². The number of likely N-dealkylation sites (tertiary alicyclic amines) is 1. The first-order chi connectivity index (χ1) is 15.4. The molecule has 6 nitrogen and oxygen atoms in total. The summed E-state index contributed by atoms with van der Waals surface area (Å²) in [6.45, 7) is 1.74. The molecule has 2 fully saturated rings. The highest BCUT2D eigenvalue weighted by Crippen LogP contribution is 2.37. The van der Waals surface area contributed by atoms with Gasteiger partial charge in [0, 0.05) is 32.2 Å². The summed E-state index contributed by atoms with van der Waals surface area (Å²) in [5.74, 6) is 1.44. The van der Waals surface area contributed by atoms with E-state index in [1.807, 2.05) is 35.2 Å². The van der Waals surface area contributed by atoms with Gasteiger partial charge in [0.05, 0.1) is 7.11 Å². The molecule has 0 N–H and O–H groups in total. The maximum atomic E-state index is 13.4. The van der Waals surface area contributed by atoms with Crippen molar-refractivity contribution in [2.24, 2.45) is 11.8 Å². The fourth-order valence-electron chi connectivity index (χ4n) is 5.07. The van der Waals surface area contributed by atoms with Gasteiger partial charge in [0.1, 0.15) is 10.6 Å². The van der Waals surface area contributed by atoms with Crippen molar-refractivity contribution in [3.05, 3.63) is 59.7 Å². The second-order valence-corrected chi connectivity index (χ2v) is 11.0. The SMILES string of the molecule is COc1ccc(C(=O)N2CC[C@@H]3CCCC[C@@H]3C2)cc1S(=O)(=O)N(C)Cc1ccccc1. The predicted octanol–water partition coefficient (Wildman–Crippen LogP) is 4.17. The van der Waals surface area contributed by atoms with Gasteiger partial charge in [-0.15, -0.1) is 0 Å². The molecular weight excluding hydrogens is 424 g/mol. The average Bonchev–Trinajstić information content (AvgIpc) is 2.83. The summed E-state index contributed by atoms with van der Waals surface area (Å²) >= 11 is 0. The van der Waals surface area contributed by atoms with Crippen LogP contribution >= 0.6 is 0 Å². The van der Waals surface area contributed by atoms with Crippen LogP contribution in [0.4, 0.5) is 0 Å². The molecule has 2 atom stereocenters. The molecule has 0 unspecified atom stereocenters. The monoisotopic (exact) mass is 456 g/mol. The van der Waals surface area contributed by atoms with Crippen LogP contribution in [-0.4, -0.2) is 50.8 Å². The molecule has 7 heteroatoms. The number of sulfonamides is 1. The quantitative estimate of drug-likeness (QED) is 0.654. The van der Waals surface area contributed by atoms with E-state index in [2.05, 4.69) is 0 Å². The largest absolute Gasteiger partial charge is 0.495 e. The number of nitrogens with zero attached hydrogens (tertiary/aromatic N) is 2. The van der Waals surface area contributed by atoms with E-state index >= 15 is 0 Å². The van der Waals surface area contributed by atoms with Crippen LogP contribution in [0.5, 0.6) is 5.75 Å². The maximum absolute atomic E-state index is 13.4. The Morgan fingerprint density at radius 1 is 1.06 bits per heavy atom. The number of methoxy groups -OCH3 is 1. The molecule has 2 aromatic carbocycles. The van der Waals surface area contributed by atoms with Crippen molar-refractivity contribution >= 4 is 15.9 Å². The van der Waals surface area contributed by atoms with Gasteiger partial charge < -0.3 is 9.64 Å². The molecule has 32 heavy (non-hydrogen) atoms. The normalized spacial score (nSPS) is 21.3. The van der Waals surface area contributed by atoms with E-state index in [1.54, 1.807) is 19.2 Å². The predicted molar refractivity (Wildman–Crippen MR) is 124 cm³/mol. The van der Waals surface area contributed by atoms with Gasteiger partial charge in [-0.3, -0.25) is 4.79 Å². The van der Waals surface area contributed by atoms with Crippen molar-refractivity contribution in [3.8, 4) is 5.75 Å². The van der Waals surface area contributed by atoms with Crippen LogP contribution < -0.4 is 4.74 Å². The summed E-state index contributed by atoms with van der Waals surface area (Å²) in [6.07, 6.45) is 6.02. The topological polar surface area (TPSA) is 66.9 Å². The van der Waals surface area contributed by atoms with Gasteiger partial charge in [-0.05, 0) is 48.4 Å². The van der Waals surface area contributed by atoms with Gasteiger partial charge >= 0.3 is 0 Å². The molecule has 1 saturated heterocycles. The van der Waals surface area contributed by atoms with Crippen LogP contribution in [0.1, 0.15) is 48.0 Å². The van der Waals surface area contributed by atoms with E-state index in [4.69, 9.17) is 4.74 Å². The fraction of sp³-hybridized carbons (Fsp3) is 0.480. The molecule has 0 bridgehead atoms. The van der Waals surface area contributed by atoms with E-state index in [9.17, 15) is 13.2 Å². The number of hydrogen-bond donors (Lipinski definition) is 0. The van der Waals surface area contributed by atoms with Crippen molar-refractivity contribution < 1.29 is 17.9 Å². The van der Waals surface area contributed by atoms with Crippen molar-refractivity contribution in [1.82, 2.24) is 9.21 Å². The third-order valence-corrected chi connectivity index (χ3v) is 8.75. The van der Waals surface area contributed by atoms with Crippen molar-refractivity contribution in [2.75, 3.05) is 27.2 Å². The number of hydrogen-bond acceptors (Lipinski definition) is 4. The van der Waals surface area contributed by atoms with Crippen LogP contribution in [0, 0.1) is 11.8 Å². The first-order valence-electron chi connectivity index (χ1n) is 11.4. The first kappa shape index (κ1) is 22.8. The smallest absolute Gasteiger partial charge is 0.253 e. The number of rotatable bonds is 6. The number of fused-ring (bicyclic) bond motifs is 1. The minimum absolute atomic E-state index is 0.0248. The molecule has 1 heterocycles. The molecule has 0 spiro atoms. The average molecular weight is 457 g/mol. The molecule has 172 valence electrons. The lowest BCUT2D eigenvalue weighted by Gasteiger charge is -2.41. The number of ether oxygens (including phenoxy) is 1. The fourth-order valence-corrected chi connectivity index (χ4v) is 6.41. The van der Waals surface area contributed by atoms with Gasteiger partial charge in [-0.25, -0.2) is 8.42 Å². The number of amides is 1. The highest BCUT2D eigenvalue weighted by atomic mass is 32.2. The lowest BCUT2D eigenvalue weighted by atomic mass is 9.75. The Kier molecular flexibility index (Phi) is 6.86. The van der Waals surface area contributed by atoms with Crippen molar-refractivity contribution in [2.45, 2.75) is 43.5 Å². The zero-order valence-corrected chi connectivity index (χ0v) is 19.7. The van der Waals surface area contributed by atoms with Gasteiger partial charge in [-0.2, -0.15) is 4.31 Å². The molecule has 1 aliphatic carbocycles. The highest BCUT2D eigenvalue weighted by Gasteiger charge is 2.34. The zero-order valence-electron chi connectivity index (χ0n) is 18.9. The van der Waals surface area contributed by atoms with Crippen molar-refractivity contribution in [3.63, 3.8) is 0 Å². The van der Waals surface area contributed by atoms with Gasteiger partial charge in [0.15, 0.2) is 0 Å². The van der Waals surface area contributed by atoms with E-state index in [0.29, 0.717) is 11.5 Å². The third kappa shape index (κ3) is 4.69. The van der Waals surface area contributed by atoms with Crippen LogP contribution in [-0.2, 0) is 16.6 Å². The molecule has 4 rings (SSSR count). The van der Waals surface area contributed by atoms with Crippen LogP contribution in [0.3, 0.4) is 0 Å². The lowest BCUT2D eigenvalue weighted by molar-refractivity contribution is 0.0520. The van der Waals surface area contributed by atoms with Crippen molar-refractivity contribution in [1.29, 1.82) is 0 Å². The van der Waals surface area contributed by atoms with E-state index in [0.717, 1.165) is 31.0 Å². The Hall–Kier alpha value is -2.38. The summed E-state index contributed by atoms with van der Waals surface area (Å²) in [6, 6.07) is 14.2. The third-order valence-electron chi connectivity index (χ3n) is 6.93. The molecule has 2 aromatic rings. The highest BCUT2D eigenvalue weighted by molar-refractivity contribution is 7.89. The Morgan fingerprint density at radius 2 is 1.78 bits per heavy atom. The van der Waals surface area contributed by atoms with Gasteiger partial charge in [0.2, 0.25) is 10.0 Å². The molecule has 1 saturated carbocycles. The number of carbonyl (C=O) groups is 1. The summed E-state index contributed by atoms with van der Waals surface area (Å²) in [7, 11) is -0.857. The molecule has 2 aliphatic rings. The van der Waals surface area contributed by atoms with Crippen LogP contribution in [0.25, 0.3) is 0 Å². The molecule has 1 aliphatic heterocycles. The summed E-state index contributed by atoms with van der Waals surface area (Å²) in [5, 5.41) is 0. The second kappa shape index (κ2) is 9.63. The maximum Gasteiger partial charge on any atom is 0.253 e. The first-order valence-corrected chi connectivity index (χ1v) is 12.8. The van der Waals surface area contributed by atoms with Crippen LogP contribution in [0.2, 0.25) is 0 Å². The standard InChI is InChI=1S/C25H32N2O4S/c1-26(17-19-8-4-3-5-9-19)32(29,30)24-16-21(12-13-23(24)31-2)25(28)27-15-14-20-10-6-7-11-22(20)18-27/h3-5,8-9,12-13,16,20,22H,6-7,10-11,14-15,17-18H2,1-2H3/t20-,22+/m0/s1. The second-order valence-electron chi connectivity index (χ2n) is 8.96. The number of carbonyl (C=O) groups excluding carboxylic acids is 1. The van der Waals surface area contributed by atoms with E-state index in [1.165, 1.54) is 43.2 Å². The zero-order chi connectivity index (χ0) is 22.7. The Bertz CT molecular complexity index is 1050. The number of benzene rings is 2. The number of piperidine rings is 1. The van der Waals surface area contributed by atoms with E-state index in [-0.39, 0.29) is 23.1 Å². The Labute approximate surface area is 191 Å². The molecular formula is C25H32N2O4S. The summed E-state index contributed by atoms with van der Waals surface area (Å²) in [4.78, 5) is 15.2. The van der Waals surface area contributed by atoms with E-state index < -0.39 is 10.0 Å². The Balaban J connectivity index is 1.57. The van der Waals surface area contributed by atoms with Gasteiger partial charge in [0.25, 0.3) is 5.91 Å². The molecule has 1 amide bonds. The van der Waals surface area contributed by atoms with Crippen LogP contribution in [0.15, 0.2) is 53.4 Å². The molecule has 0 radical (unpaired) electrons. The minimum Gasteiger partial charge on any atom is -0.495 e.